The highest BCUT2D eigenvalue weighted by Crippen LogP contribution is 2.29. The topological polar surface area (TPSA) is 62.3 Å². The standard InChI is InChI=1S/C24H37N3O4/c1-25-14-11-19(12-15-25)26(2)23(28)10-7-18-6-5-13-27(17-18)24(29)21-9-8-20(30-3)16-22(21)31-4/h8-9,16,18-19H,5-7,10-15,17H2,1-4H3/t18-/m0/s1. The quantitative estimate of drug-likeness (QED) is 0.664. The third-order valence-corrected chi connectivity index (χ3v) is 6.84. The minimum atomic E-state index is -0.0148. The maximum atomic E-state index is 13.1. The molecule has 0 radical (unpaired) electrons. The maximum absolute atomic E-state index is 13.1. The zero-order valence-electron chi connectivity index (χ0n) is 19.4. The number of ether oxygens (including phenoxy) is 2. The smallest absolute Gasteiger partial charge is 0.257 e. The molecule has 2 aliphatic heterocycles. The molecule has 1 atom stereocenters. The average Bonchev–Trinajstić information content (AvgIpc) is 2.81. The van der Waals surface area contributed by atoms with E-state index in [1.54, 1.807) is 32.4 Å². The van der Waals surface area contributed by atoms with Gasteiger partial charge in [-0.3, -0.25) is 9.59 Å². The Hall–Kier alpha value is -2.28. The van der Waals surface area contributed by atoms with Gasteiger partial charge >= 0.3 is 0 Å². The highest BCUT2D eigenvalue weighted by atomic mass is 16.5. The molecular formula is C24H37N3O4. The van der Waals surface area contributed by atoms with Gasteiger partial charge in [-0.05, 0) is 70.3 Å². The third kappa shape index (κ3) is 5.91. The van der Waals surface area contributed by atoms with Crippen molar-refractivity contribution in [1.29, 1.82) is 0 Å². The van der Waals surface area contributed by atoms with Crippen molar-refractivity contribution in [2.45, 2.75) is 44.6 Å². The molecule has 0 saturated carbocycles. The predicted octanol–water partition coefficient (Wildman–Crippen LogP) is 2.89. The molecule has 2 fully saturated rings. The van der Waals surface area contributed by atoms with Gasteiger partial charge in [0.05, 0.1) is 19.8 Å². The van der Waals surface area contributed by atoms with Crippen LogP contribution in [0.1, 0.15) is 48.9 Å². The summed E-state index contributed by atoms with van der Waals surface area (Å²) in [7, 11) is 7.24. The monoisotopic (exact) mass is 431 g/mol. The molecule has 2 heterocycles. The number of rotatable bonds is 7. The molecule has 7 heteroatoms. The number of likely N-dealkylation sites (tertiary alicyclic amines) is 2. The van der Waals surface area contributed by atoms with E-state index < -0.39 is 0 Å². The Balaban J connectivity index is 1.53. The van der Waals surface area contributed by atoms with Gasteiger partial charge in [-0.25, -0.2) is 0 Å². The number of hydrogen-bond acceptors (Lipinski definition) is 5. The van der Waals surface area contributed by atoms with Crippen LogP contribution in [0.4, 0.5) is 0 Å². The highest BCUT2D eigenvalue weighted by Gasteiger charge is 2.28. The zero-order valence-corrected chi connectivity index (χ0v) is 19.4. The Labute approximate surface area is 186 Å². The van der Waals surface area contributed by atoms with Crippen molar-refractivity contribution in [2.75, 3.05) is 54.5 Å². The van der Waals surface area contributed by atoms with Gasteiger partial charge in [0.25, 0.3) is 5.91 Å². The molecule has 0 aliphatic carbocycles. The van der Waals surface area contributed by atoms with E-state index in [4.69, 9.17) is 9.47 Å². The Bertz CT molecular complexity index is 761. The Morgan fingerprint density at radius 1 is 1.10 bits per heavy atom. The van der Waals surface area contributed by atoms with Gasteiger partial charge in [0, 0.05) is 38.7 Å². The van der Waals surface area contributed by atoms with Crippen LogP contribution < -0.4 is 9.47 Å². The summed E-state index contributed by atoms with van der Waals surface area (Å²) < 4.78 is 10.6. The molecule has 3 rings (SSSR count). The van der Waals surface area contributed by atoms with E-state index in [0.29, 0.717) is 42.0 Å². The number of nitrogens with zero attached hydrogens (tertiary/aromatic N) is 3. The largest absolute Gasteiger partial charge is 0.497 e. The van der Waals surface area contributed by atoms with Gasteiger partial charge in [-0.2, -0.15) is 0 Å². The third-order valence-electron chi connectivity index (χ3n) is 6.84. The van der Waals surface area contributed by atoms with E-state index >= 15 is 0 Å². The first-order valence-electron chi connectivity index (χ1n) is 11.4. The van der Waals surface area contributed by atoms with Crippen LogP contribution in [-0.4, -0.2) is 87.0 Å². The van der Waals surface area contributed by atoms with Crippen LogP contribution in [0.25, 0.3) is 0 Å². The highest BCUT2D eigenvalue weighted by molar-refractivity contribution is 5.97. The summed E-state index contributed by atoms with van der Waals surface area (Å²) in [5.41, 5.74) is 0.557. The van der Waals surface area contributed by atoms with E-state index in [2.05, 4.69) is 11.9 Å². The number of methoxy groups -OCH3 is 2. The summed E-state index contributed by atoms with van der Waals surface area (Å²) in [4.78, 5) is 32.1. The molecule has 0 spiro atoms. The summed E-state index contributed by atoms with van der Waals surface area (Å²) in [6.45, 7) is 3.54. The number of hydrogen-bond donors (Lipinski definition) is 0. The first-order chi connectivity index (χ1) is 14.9. The van der Waals surface area contributed by atoms with Crippen LogP contribution in [0.5, 0.6) is 11.5 Å². The summed E-state index contributed by atoms with van der Waals surface area (Å²) in [5.74, 6) is 1.77. The lowest BCUT2D eigenvalue weighted by Gasteiger charge is -2.36. The Morgan fingerprint density at radius 2 is 1.84 bits per heavy atom. The maximum Gasteiger partial charge on any atom is 0.257 e. The second kappa shape index (κ2) is 10.8. The van der Waals surface area contributed by atoms with Crippen molar-refractivity contribution in [1.82, 2.24) is 14.7 Å². The van der Waals surface area contributed by atoms with Crippen molar-refractivity contribution >= 4 is 11.8 Å². The van der Waals surface area contributed by atoms with E-state index in [0.717, 1.165) is 51.7 Å². The summed E-state index contributed by atoms with van der Waals surface area (Å²) in [6, 6.07) is 5.65. The van der Waals surface area contributed by atoms with Gasteiger partial charge in [-0.15, -0.1) is 0 Å². The molecule has 31 heavy (non-hydrogen) atoms. The fraction of sp³-hybridized carbons (Fsp3) is 0.667. The zero-order chi connectivity index (χ0) is 22.4. The van der Waals surface area contributed by atoms with Crippen molar-refractivity contribution in [3.05, 3.63) is 23.8 Å². The van der Waals surface area contributed by atoms with E-state index in [9.17, 15) is 9.59 Å². The van der Waals surface area contributed by atoms with E-state index in [1.807, 2.05) is 16.8 Å². The Kier molecular flexibility index (Phi) is 8.18. The molecule has 2 saturated heterocycles. The minimum Gasteiger partial charge on any atom is -0.497 e. The summed E-state index contributed by atoms with van der Waals surface area (Å²) >= 11 is 0. The molecule has 0 unspecified atom stereocenters. The molecule has 2 amide bonds. The second-order valence-electron chi connectivity index (χ2n) is 8.90. The predicted molar refractivity (Wildman–Crippen MR) is 121 cm³/mol. The van der Waals surface area contributed by atoms with E-state index in [1.165, 1.54) is 0 Å². The summed E-state index contributed by atoms with van der Waals surface area (Å²) in [5, 5.41) is 0. The second-order valence-corrected chi connectivity index (χ2v) is 8.90. The van der Waals surface area contributed by atoms with Gasteiger partial charge in [0.2, 0.25) is 5.91 Å². The molecular weight excluding hydrogens is 394 g/mol. The molecule has 0 N–H and O–H groups in total. The van der Waals surface area contributed by atoms with Crippen LogP contribution in [-0.2, 0) is 4.79 Å². The van der Waals surface area contributed by atoms with Crippen molar-refractivity contribution in [3.8, 4) is 11.5 Å². The number of amides is 2. The van der Waals surface area contributed by atoms with Crippen LogP contribution in [0.2, 0.25) is 0 Å². The number of carbonyl (C=O) groups is 2. The van der Waals surface area contributed by atoms with Gasteiger partial charge in [0.1, 0.15) is 11.5 Å². The minimum absolute atomic E-state index is 0.0148. The van der Waals surface area contributed by atoms with Gasteiger partial charge < -0.3 is 24.2 Å². The molecule has 0 aromatic heterocycles. The van der Waals surface area contributed by atoms with Crippen molar-refractivity contribution in [2.24, 2.45) is 5.92 Å². The lowest BCUT2D eigenvalue weighted by Crippen LogP contribution is -2.45. The Morgan fingerprint density at radius 3 is 2.52 bits per heavy atom. The van der Waals surface area contributed by atoms with Gasteiger partial charge in [0.15, 0.2) is 0 Å². The lowest BCUT2D eigenvalue weighted by molar-refractivity contribution is -0.133. The van der Waals surface area contributed by atoms with Crippen molar-refractivity contribution in [3.63, 3.8) is 0 Å². The molecule has 1 aromatic rings. The lowest BCUT2D eigenvalue weighted by atomic mass is 9.92. The molecule has 1 aromatic carbocycles. The summed E-state index contributed by atoms with van der Waals surface area (Å²) in [6.07, 6.45) is 5.52. The van der Waals surface area contributed by atoms with Crippen molar-refractivity contribution < 1.29 is 19.1 Å². The number of carbonyl (C=O) groups excluding carboxylic acids is 2. The first-order valence-corrected chi connectivity index (χ1v) is 11.4. The van der Waals surface area contributed by atoms with Crippen LogP contribution in [0, 0.1) is 5.92 Å². The van der Waals surface area contributed by atoms with Crippen LogP contribution in [0.15, 0.2) is 18.2 Å². The number of benzene rings is 1. The normalized spacial score (nSPS) is 20.4. The fourth-order valence-corrected chi connectivity index (χ4v) is 4.72. The first kappa shape index (κ1) is 23.4. The molecule has 172 valence electrons. The molecule has 7 nitrogen and oxygen atoms in total. The van der Waals surface area contributed by atoms with Gasteiger partial charge in [-0.1, -0.05) is 0 Å². The van der Waals surface area contributed by atoms with Crippen LogP contribution >= 0.6 is 0 Å². The van der Waals surface area contributed by atoms with Crippen LogP contribution in [0.3, 0.4) is 0 Å². The number of piperidine rings is 2. The molecule has 2 aliphatic rings. The van der Waals surface area contributed by atoms with E-state index in [-0.39, 0.29) is 11.8 Å². The average molecular weight is 432 g/mol. The molecule has 0 bridgehead atoms. The SMILES string of the molecule is COc1ccc(C(=O)N2CCC[C@@H](CCC(=O)N(C)C3CCN(C)CC3)C2)c(OC)c1. The fourth-order valence-electron chi connectivity index (χ4n) is 4.72.